The van der Waals surface area contributed by atoms with Gasteiger partial charge in [-0.05, 0) is 56.3 Å². The molecule has 0 unspecified atom stereocenters. The highest BCUT2D eigenvalue weighted by atomic mass is 16.5. The van der Waals surface area contributed by atoms with E-state index in [4.69, 9.17) is 4.52 Å². The maximum absolute atomic E-state index is 5.41. The molecule has 22 heavy (non-hydrogen) atoms. The van der Waals surface area contributed by atoms with Crippen molar-refractivity contribution in [1.29, 1.82) is 0 Å². The summed E-state index contributed by atoms with van der Waals surface area (Å²) >= 11 is 0. The minimum absolute atomic E-state index is 0.663. The van der Waals surface area contributed by atoms with Crippen LogP contribution in [0, 0.1) is 0 Å². The summed E-state index contributed by atoms with van der Waals surface area (Å²) in [5.74, 6) is 0.898. The van der Waals surface area contributed by atoms with E-state index in [1.807, 2.05) is 6.07 Å². The number of benzene rings is 1. The van der Waals surface area contributed by atoms with Gasteiger partial charge in [0.15, 0.2) is 5.76 Å². The third-order valence-corrected chi connectivity index (χ3v) is 4.70. The summed E-state index contributed by atoms with van der Waals surface area (Å²) in [6, 6.07) is 9.22. The fraction of sp³-hybridized carbons (Fsp3) is 0.526. The maximum atomic E-state index is 5.41. The molecule has 3 nitrogen and oxygen atoms in total. The van der Waals surface area contributed by atoms with Gasteiger partial charge in [0.05, 0.1) is 6.20 Å². The Hall–Kier alpha value is -1.61. The maximum Gasteiger partial charge on any atom is 0.167 e. The number of aromatic nitrogens is 1. The van der Waals surface area contributed by atoms with Crippen molar-refractivity contribution in [1.82, 2.24) is 10.1 Å². The lowest BCUT2D eigenvalue weighted by Crippen LogP contribution is -2.40. The number of fused-ring (bicyclic) bond motifs is 1. The molecular formula is C19H26N2O. The molecule has 118 valence electrons. The standard InChI is InChI=1S/C19H26N2O/c1-3-12-21(13-4-2)16-9-8-15-6-5-7-17(18(15)14-16)19-10-11-20-22-19/h5-7,10-11,16H,3-4,8-9,12-14H2,1-2H3/t16-/m0/s1. The zero-order valence-electron chi connectivity index (χ0n) is 13.7. The van der Waals surface area contributed by atoms with Crippen LogP contribution in [0.2, 0.25) is 0 Å². The highest BCUT2D eigenvalue weighted by Gasteiger charge is 2.26. The molecule has 0 N–H and O–H groups in total. The zero-order valence-corrected chi connectivity index (χ0v) is 13.7. The summed E-state index contributed by atoms with van der Waals surface area (Å²) in [4.78, 5) is 2.68. The zero-order chi connectivity index (χ0) is 15.4. The molecule has 1 aromatic heterocycles. The van der Waals surface area contributed by atoms with Crippen molar-refractivity contribution in [3.05, 3.63) is 41.6 Å². The predicted octanol–water partition coefficient (Wildman–Crippen LogP) is 4.32. The third kappa shape index (κ3) is 3.09. The van der Waals surface area contributed by atoms with Crippen molar-refractivity contribution in [3.63, 3.8) is 0 Å². The molecule has 0 aliphatic heterocycles. The van der Waals surface area contributed by atoms with E-state index < -0.39 is 0 Å². The van der Waals surface area contributed by atoms with E-state index in [1.165, 1.54) is 55.5 Å². The Kier molecular flexibility index (Phi) is 4.94. The molecule has 0 bridgehead atoms. The van der Waals surface area contributed by atoms with Gasteiger partial charge < -0.3 is 9.42 Å². The molecule has 1 aromatic carbocycles. The second-order valence-electron chi connectivity index (χ2n) is 6.25. The van der Waals surface area contributed by atoms with Crippen LogP contribution in [0.3, 0.4) is 0 Å². The smallest absolute Gasteiger partial charge is 0.167 e. The SMILES string of the molecule is CCCN(CCC)[C@H]1CCc2cccc(-c3ccno3)c2C1. The number of aryl methyl sites for hydroxylation is 1. The van der Waals surface area contributed by atoms with Gasteiger partial charge in [0.25, 0.3) is 0 Å². The molecule has 0 spiro atoms. The first-order valence-corrected chi connectivity index (χ1v) is 8.59. The molecule has 3 rings (SSSR count). The Labute approximate surface area is 133 Å². The second kappa shape index (κ2) is 7.10. The van der Waals surface area contributed by atoms with Crippen molar-refractivity contribution in [3.8, 4) is 11.3 Å². The van der Waals surface area contributed by atoms with Gasteiger partial charge in [0.1, 0.15) is 0 Å². The van der Waals surface area contributed by atoms with E-state index in [1.54, 1.807) is 6.20 Å². The number of rotatable bonds is 6. The van der Waals surface area contributed by atoms with Crippen LogP contribution in [0.1, 0.15) is 44.2 Å². The summed E-state index contributed by atoms with van der Waals surface area (Å²) in [6.07, 6.45) is 7.76. The lowest BCUT2D eigenvalue weighted by atomic mass is 9.84. The average molecular weight is 298 g/mol. The largest absolute Gasteiger partial charge is 0.356 e. The predicted molar refractivity (Wildman–Crippen MR) is 89.9 cm³/mol. The highest BCUT2D eigenvalue weighted by molar-refractivity contribution is 5.64. The van der Waals surface area contributed by atoms with Gasteiger partial charge in [-0.15, -0.1) is 0 Å². The van der Waals surface area contributed by atoms with Crippen LogP contribution in [0.5, 0.6) is 0 Å². The normalized spacial score (nSPS) is 17.7. The van der Waals surface area contributed by atoms with Crippen molar-refractivity contribution in [2.45, 2.75) is 52.0 Å². The Morgan fingerprint density at radius 2 is 2.00 bits per heavy atom. The monoisotopic (exact) mass is 298 g/mol. The Balaban J connectivity index is 1.88. The van der Waals surface area contributed by atoms with Crippen LogP contribution in [-0.4, -0.2) is 29.2 Å². The molecule has 0 amide bonds. The molecule has 1 aliphatic rings. The fourth-order valence-electron chi connectivity index (χ4n) is 3.72. The molecule has 0 fully saturated rings. The molecular weight excluding hydrogens is 272 g/mol. The summed E-state index contributed by atoms with van der Waals surface area (Å²) < 4.78 is 5.41. The molecule has 0 saturated carbocycles. The van der Waals surface area contributed by atoms with Crippen LogP contribution in [0.4, 0.5) is 0 Å². The van der Waals surface area contributed by atoms with Gasteiger partial charge in [-0.1, -0.05) is 37.2 Å². The van der Waals surface area contributed by atoms with Gasteiger partial charge in [0.2, 0.25) is 0 Å². The first kappa shape index (κ1) is 15.3. The molecule has 0 radical (unpaired) electrons. The van der Waals surface area contributed by atoms with Crippen molar-refractivity contribution < 1.29 is 4.52 Å². The first-order chi connectivity index (χ1) is 10.8. The lowest BCUT2D eigenvalue weighted by molar-refractivity contribution is 0.180. The van der Waals surface area contributed by atoms with Crippen LogP contribution < -0.4 is 0 Å². The number of hydrogen-bond donors (Lipinski definition) is 0. The second-order valence-corrected chi connectivity index (χ2v) is 6.25. The van der Waals surface area contributed by atoms with Crippen LogP contribution in [0.25, 0.3) is 11.3 Å². The van der Waals surface area contributed by atoms with Gasteiger partial charge >= 0.3 is 0 Å². The van der Waals surface area contributed by atoms with Crippen molar-refractivity contribution in [2.75, 3.05) is 13.1 Å². The molecule has 0 saturated heterocycles. The number of hydrogen-bond acceptors (Lipinski definition) is 3. The van der Waals surface area contributed by atoms with Gasteiger partial charge in [0, 0.05) is 17.7 Å². The highest BCUT2D eigenvalue weighted by Crippen LogP contribution is 2.33. The van der Waals surface area contributed by atoms with E-state index in [0.29, 0.717) is 6.04 Å². The average Bonchev–Trinajstić information content (AvgIpc) is 3.08. The Bertz CT molecular complexity index is 585. The molecule has 1 aliphatic carbocycles. The lowest BCUT2D eigenvalue weighted by Gasteiger charge is -2.35. The first-order valence-electron chi connectivity index (χ1n) is 8.59. The quantitative estimate of drug-likeness (QED) is 0.795. The summed E-state index contributed by atoms with van der Waals surface area (Å²) in [5, 5.41) is 3.88. The summed E-state index contributed by atoms with van der Waals surface area (Å²) in [5.41, 5.74) is 4.18. The fourth-order valence-corrected chi connectivity index (χ4v) is 3.72. The van der Waals surface area contributed by atoms with E-state index in [2.05, 4.69) is 42.1 Å². The Morgan fingerprint density at radius 1 is 1.18 bits per heavy atom. The third-order valence-electron chi connectivity index (χ3n) is 4.70. The van der Waals surface area contributed by atoms with E-state index >= 15 is 0 Å². The topological polar surface area (TPSA) is 29.3 Å². The molecule has 3 heteroatoms. The van der Waals surface area contributed by atoms with E-state index in [-0.39, 0.29) is 0 Å². The van der Waals surface area contributed by atoms with Crippen molar-refractivity contribution in [2.24, 2.45) is 0 Å². The van der Waals surface area contributed by atoms with E-state index in [0.717, 1.165) is 12.2 Å². The number of nitrogens with zero attached hydrogens (tertiary/aromatic N) is 2. The minimum Gasteiger partial charge on any atom is -0.356 e. The Morgan fingerprint density at radius 3 is 2.68 bits per heavy atom. The summed E-state index contributed by atoms with van der Waals surface area (Å²) in [7, 11) is 0. The van der Waals surface area contributed by atoms with Crippen LogP contribution in [0.15, 0.2) is 35.0 Å². The van der Waals surface area contributed by atoms with Gasteiger partial charge in [-0.2, -0.15) is 0 Å². The van der Waals surface area contributed by atoms with Crippen molar-refractivity contribution >= 4 is 0 Å². The van der Waals surface area contributed by atoms with Crippen LogP contribution in [-0.2, 0) is 12.8 Å². The molecule has 2 aromatic rings. The summed E-state index contributed by atoms with van der Waals surface area (Å²) in [6.45, 7) is 6.97. The molecule has 1 atom stereocenters. The minimum atomic E-state index is 0.663. The molecule has 1 heterocycles. The van der Waals surface area contributed by atoms with Crippen LogP contribution >= 0.6 is 0 Å². The van der Waals surface area contributed by atoms with Gasteiger partial charge in [-0.25, -0.2) is 0 Å². The van der Waals surface area contributed by atoms with E-state index in [9.17, 15) is 0 Å². The van der Waals surface area contributed by atoms with Gasteiger partial charge in [-0.3, -0.25) is 0 Å².